The molecule has 1 aliphatic heterocycles. The van der Waals surface area contributed by atoms with Gasteiger partial charge in [0, 0.05) is 13.2 Å². The fourth-order valence-corrected chi connectivity index (χ4v) is 2.53. The summed E-state index contributed by atoms with van der Waals surface area (Å²) >= 11 is 0. The Bertz CT molecular complexity index is 583. The van der Waals surface area contributed by atoms with Gasteiger partial charge in [0.15, 0.2) is 0 Å². The van der Waals surface area contributed by atoms with Crippen LogP contribution in [-0.2, 0) is 16.1 Å². The average Bonchev–Trinajstić information content (AvgIpc) is 2.99. The first-order valence-electron chi connectivity index (χ1n) is 6.70. The Kier molecular flexibility index (Phi) is 3.47. The predicted molar refractivity (Wildman–Crippen MR) is 74.8 cm³/mol. The van der Waals surface area contributed by atoms with Crippen molar-refractivity contribution in [3.63, 3.8) is 0 Å². The summed E-state index contributed by atoms with van der Waals surface area (Å²) in [7, 11) is 0. The van der Waals surface area contributed by atoms with Crippen LogP contribution < -0.4 is 5.32 Å². The van der Waals surface area contributed by atoms with Crippen molar-refractivity contribution in [1.82, 2.24) is 5.32 Å². The van der Waals surface area contributed by atoms with Crippen molar-refractivity contribution in [3.8, 4) is 0 Å². The van der Waals surface area contributed by atoms with Crippen LogP contribution in [0.2, 0.25) is 0 Å². The molecule has 98 valence electrons. The monoisotopic (exact) mass is 255 g/mol. The Balaban J connectivity index is 1.73. The van der Waals surface area contributed by atoms with Crippen LogP contribution >= 0.6 is 0 Å². The maximum Gasteiger partial charge on any atom is 0.249 e. The molecule has 1 aliphatic rings. The number of amides is 1. The molecule has 0 bridgehead atoms. The lowest BCUT2D eigenvalue weighted by Crippen LogP contribution is -2.33. The quantitative estimate of drug-likeness (QED) is 0.915. The van der Waals surface area contributed by atoms with Crippen molar-refractivity contribution < 1.29 is 9.53 Å². The summed E-state index contributed by atoms with van der Waals surface area (Å²) in [6, 6.07) is 14.4. The topological polar surface area (TPSA) is 38.3 Å². The lowest BCUT2D eigenvalue weighted by Gasteiger charge is -2.11. The summed E-state index contributed by atoms with van der Waals surface area (Å²) < 4.78 is 5.38. The predicted octanol–water partition coefficient (Wildman–Crippen LogP) is 2.64. The number of ether oxygens (including phenoxy) is 1. The molecule has 1 amide bonds. The number of hydrogen-bond acceptors (Lipinski definition) is 2. The summed E-state index contributed by atoms with van der Waals surface area (Å²) in [6.07, 6.45) is 1.56. The molecule has 3 heteroatoms. The first kappa shape index (κ1) is 12.2. The van der Waals surface area contributed by atoms with Gasteiger partial charge in [-0.05, 0) is 29.2 Å². The molecule has 1 atom stereocenters. The second-order valence-electron chi connectivity index (χ2n) is 4.86. The molecule has 1 heterocycles. The third-order valence-corrected chi connectivity index (χ3v) is 3.56. The molecular weight excluding hydrogens is 238 g/mol. The third-order valence-electron chi connectivity index (χ3n) is 3.56. The van der Waals surface area contributed by atoms with Crippen LogP contribution in [0, 0.1) is 0 Å². The minimum absolute atomic E-state index is 0.00503. The number of rotatable bonds is 3. The van der Waals surface area contributed by atoms with Gasteiger partial charge in [0.1, 0.15) is 6.10 Å². The van der Waals surface area contributed by atoms with Crippen LogP contribution in [0.25, 0.3) is 10.8 Å². The van der Waals surface area contributed by atoms with Crippen LogP contribution in [0.1, 0.15) is 18.4 Å². The zero-order chi connectivity index (χ0) is 13.1. The van der Waals surface area contributed by atoms with Crippen LogP contribution in [-0.4, -0.2) is 18.6 Å². The van der Waals surface area contributed by atoms with E-state index in [0.717, 1.165) is 18.4 Å². The minimum atomic E-state index is -0.255. The van der Waals surface area contributed by atoms with Gasteiger partial charge in [0.25, 0.3) is 0 Å². The van der Waals surface area contributed by atoms with E-state index in [9.17, 15) is 4.79 Å². The minimum Gasteiger partial charge on any atom is -0.368 e. The average molecular weight is 255 g/mol. The van der Waals surface area contributed by atoms with Gasteiger partial charge in [-0.25, -0.2) is 0 Å². The maximum absolute atomic E-state index is 11.9. The molecule has 1 N–H and O–H groups in total. The Labute approximate surface area is 112 Å². The van der Waals surface area contributed by atoms with Crippen LogP contribution in [0.4, 0.5) is 0 Å². The summed E-state index contributed by atoms with van der Waals surface area (Å²) in [5.74, 6) is 0.00503. The zero-order valence-electron chi connectivity index (χ0n) is 10.8. The lowest BCUT2D eigenvalue weighted by atomic mass is 10.0. The van der Waals surface area contributed by atoms with E-state index >= 15 is 0 Å². The highest BCUT2D eigenvalue weighted by molar-refractivity contribution is 5.86. The first-order chi connectivity index (χ1) is 9.34. The molecule has 2 aromatic carbocycles. The molecule has 0 spiro atoms. The van der Waals surface area contributed by atoms with E-state index in [1.807, 2.05) is 18.2 Å². The number of benzene rings is 2. The molecule has 19 heavy (non-hydrogen) atoms. The van der Waals surface area contributed by atoms with Gasteiger partial charge in [-0.3, -0.25) is 4.79 Å². The van der Waals surface area contributed by atoms with E-state index in [2.05, 4.69) is 29.6 Å². The number of fused-ring (bicyclic) bond motifs is 1. The van der Waals surface area contributed by atoms with Gasteiger partial charge in [-0.1, -0.05) is 42.5 Å². The van der Waals surface area contributed by atoms with Crippen molar-refractivity contribution in [2.45, 2.75) is 25.5 Å². The summed E-state index contributed by atoms with van der Waals surface area (Å²) in [6.45, 7) is 1.26. The van der Waals surface area contributed by atoms with Crippen molar-refractivity contribution in [2.75, 3.05) is 6.61 Å². The van der Waals surface area contributed by atoms with Gasteiger partial charge in [0.2, 0.25) is 5.91 Å². The number of nitrogens with one attached hydrogen (secondary N) is 1. The Hall–Kier alpha value is -1.87. The lowest BCUT2D eigenvalue weighted by molar-refractivity contribution is -0.130. The second kappa shape index (κ2) is 5.41. The van der Waals surface area contributed by atoms with Crippen LogP contribution in [0.3, 0.4) is 0 Å². The van der Waals surface area contributed by atoms with Crippen LogP contribution in [0.15, 0.2) is 42.5 Å². The van der Waals surface area contributed by atoms with Gasteiger partial charge in [-0.2, -0.15) is 0 Å². The highest BCUT2D eigenvalue weighted by Crippen LogP contribution is 2.18. The van der Waals surface area contributed by atoms with Crippen molar-refractivity contribution in [1.29, 1.82) is 0 Å². The molecule has 3 nitrogen and oxygen atoms in total. The van der Waals surface area contributed by atoms with E-state index in [4.69, 9.17) is 4.74 Å². The van der Waals surface area contributed by atoms with Gasteiger partial charge in [0.05, 0.1) is 0 Å². The molecule has 1 unspecified atom stereocenters. The summed E-state index contributed by atoms with van der Waals surface area (Å²) in [5.41, 5.74) is 1.14. The van der Waals surface area contributed by atoms with Crippen LogP contribution in [0.5, 0.6) is 0 Å². The molecule has 3 rings (SSSR count). The fraction of sp³-hybridized carbons (Fsp3) is 0.312. The standard InChI is InChI=1S/C16H17NO2/c18-16(15-9-4-10-19-15)17-11-13-7-3-6-12-5-1-2-8-14(12)13/h1-3,5-8,15H,4,9-11H2,(H,17,18). The van der Waals surface area contributed by atoms with E-state index in [1.165, 1.54) is 10.8 Å². The normalized spacial score (nSPS) is 18.6. The third kappa shape index (κ3) is 2.61. The molecule has 2 aromatic rings. The van der Waals surface area contributed by atoms with Gasteiger partial charge in [-0.15, -0.1) is 0 Å². The first-order valence-corrected chi connectivity index (χ1v) is 6.70. The summed E-state index contributed by atoms with van der Waals surface area (Å²) in [4.78, 5) is 11.9. The highest BCUT2D eigenvalue weighted by atomic mass is 16.5. The van der Waals surface area contributed by atoms with E-state index in [1.54, 1.807) is 0 Å². The van der Waals surface area contributed by atoms with Gasteiger partial charge < -0.3 is 10.1 Å². The van der Waals surface area contributed by atoms with Crippen molar-refractivity contribution in [3.05, 3.63) is 48.0 Å². The Morgan fingerprint density at radius 1 is 1.21 bits per heavy atom. The maximum atomic E-state index is 11.9. The fourth-order valence-electron chi connectivity index (χ4n) is 2.53. The second-order valence-corrected chi connectivity index (χ2v) is 4.86. The van der Waals surface area contributed by atoms with E-state index < -0.39 is 0 Å². The Morgan fingerprint density at radius 2 is 2.05 bits per heavy atom. The molecule has 1 saturated heterocycles. The number of hydrogen-bond donors (Lipinski definition) is 1. The summed E-state index contributed by atoms with van der Waals surface area (Å²) in [5, 5.41) is 5.36. The van der Waals surface area contributed by atoms with Crippen molar-refractivity contribution in [2.24, 2.45) is 0 Å². The molecule has 0 radical (unpaired) electrons. The van der Waals surface area contributed by atoms with E-state index in [-0.39, 0.29) is 12.0 Å². The number of carbonyl (C=O) groups is 1. The molecule has 0 aliphatic carbocycles. The zero-order valence-corrected chi connectivity index (χ0v) is 10.8. The molecule has 0 aromatic heterocycles. The van der Waals surface area contributed by atoms with Gasteiger partial charge >= 0.3 is 0 Å². The molecular formula is C16H17NO2. The SMILES string of the molecule is O=C(NCc1cccc2ccccc12)C1CCCO1. The van der Waals surface area contributed by atoms with E-state index in [0.29, 0.717) is 13.2 Å². The largest absolute Gasteiger partial charge is 0.368 e. The number of carbonyl (C=O) groups excluding carboxylic acids is 1. The van der Waals surface area contributed by atoms with Crippen molar-refractivity contribution >= 4 is 16.7 Å². The molecule has 0 saturated carbocycles. The smallest absolute Gasteiger partial charge is 0.249 e. The highest BCUT2D eigenvalue weighted by Gasteiger charge is 2.23. The Morgan fingerprint density at radius 3 is 2.89 bits per heavy atom. The molecule has 1 fully saturated rings.